The molecule has 1 aromatic rings. The van der Waals surface area contributed by atoms with Crippen LogP contribution in [-0.2, 0) is 14.8 Å². The molecule has 1 amide bonds. The molecule has 1 aromatic carbocycles. The van der Waals surface area contributed by atoms with Gasteiger partial charge in [0.05, 0.1) is 22.7 Å². The lowest BCUT2D eigenvalue weighted by Crippen LogP contribution is -2.42. The van der Waals surface area contributed by atoms with Crippen LogP contribution in [0.1, 0.15) is 69.2 Å². The average molecular weight is 441 g/mol. The van der Waals surface area contributed by atoms with Crippen molar-refractivity contribution < 1.29 is 22.3 Å². The van der Waals surface area contributed by atoms with Crippen molar-refractivity contribution >= 4 is 15.9 Å². The number of halogens is 1. The van der Waals surface area contributed by atoms with Crippen LogP contribution in [0.25, 0.3) is 0 Å². The number of nitrogens with zero attached hydrogens (tertiary/aromatic N) is 2. The summed E-state index contributed by atoms with van der Waals surface area (Å²) >= 11 is 0. The van der Waals surface area contributed by atoms with Crippen molar-refractivity contribution in [3.63, 3.8) is 0 Å². The molecule has 0 N–H and O–H groups in total. The molecule has 30 heavy (non-hydrogen) atoms. The highest BCUT2D eigenvalue weighted by atomic mass is 32.2. The van der Waals surface area contributed by atoms with E-state index in [2.05, 4.69) is 0 Å². The molecular weight excluding hydrogens is 407 g/mol. The molecule has 1 saturated carbocycles. The van der Waals surface area contributed by atoms with Crippen molar-refractivity contribution in [2.24, 2.45) is 0 Å². The van der Waals surface area contributed by atoms with Crippen LogP contribution in [-0.4, -0.2) is 61.9 Å². The molecule has 1 saturated heterocycles. The third-order valence-electron chi connectivity index (χ3n) is 6.18. The lowest BCUT2D eigenvalue weighted by molar-refractivity contribution is -0.0527. The first-order chi connectivity index (χ1) is 14.4. The highest BCUT2D eigenvalue weighted by molar-refractivity contribution is 7.89. The van der Waals surface area contributed by atoms with E-state index >= 15 is 0 Å². The lowest BCUT2D eigenvalue weighted by Gasteiger charge is -2.35. The molecule has 0 aromatic heterocycles. The van der Waals surface area contributed by atoms with Gasteiger partial charge in [-0.05, 0) is 43.9 Å². The van der Waals surface area contributed by atoms with Gasteiger partial charge in [-0.25, -0.2) is 12.8 Å². The van der Waals surface area contributed by atoms with Crippen LogP contribution in [0.3, 0.4) is 0 Å². The maximum atomic E-state index is 14.4. The third-order valence-corrected chi connectivity index (χ3v) is 8.22. The number of hydrogen-bond donors (Lipinski definition) is 0. The summed E-state index contributed by atoms with van der Waals surface area (Å²) in [5, 5.41) is 0. The minimum atomic E-state index is -3.75. The number of amides is 1. The molecule has 1 aliphatic heterocycles. The summed E-state index contributed by atoms with van der Waals surface area (Å²) in [6.45, 7) is 5.10. The zero-order valence-electron chi connectivity index (χ0n) is 18.0. The molecule has 0 radical (unpaired) electrons. The Labute approximate surface area is 179 Å². The second-order valence-electron chi connectivity index (χ2n) is 8.12. The SMILES string of the molecule is CCN(CC)S(=O)(=O)c1ccc(F)c(C(=O)N2CCC(OC3CCCCC3)CC2)c1. The number of rotatable bonds is 7. The highest BCUT2D eigenvalue weighted by Crippen LogP contribution is 2.26. The van der Waals surface area contributed by atoms with Crippen molar-refractivity contribution in [2.45, 2.75) is 75.9 Å². The predicted molar refractivity (Wildman–Crippen MR) is 113 cm³/mol. The first kappa shape index (κ1) is 23.2. The largest absolute Gasteiger partial charge is 0.375 e. The Bertz CT molecular complexity index is 828. The second kappa shape index (κ2) is 10.2. The van der Waals surface area contributed by atoms with E-state index in [0.717, 1.165) is 31.7 Å². The number of likely N-dealkylation sites (tertiary alicyclic amines) is 1. The van der Waals surface area contributed by atoms with E-state index in [1.807, 2.05) is 0 Å². The monoisotopic (exact) mass is 440 g/mol. The summed E-state index contributed by atoms with van der Waals surface area (Å²) in [6.07, 6.45) is 7.84. The minimum Gasteiger partial charge on any atom is -0.375 e. The van der Waals surface area contributed by atoms with E-state index in [1.165, 1.54) is 35.7 Å². The predicted octanol–water partition coefficient (Wildman–Crippen LogP) is 3.81. The van der Waals surface area contributed by atoms with Gasteiger partial charge >= 0.3 is 0 Å². The van der Waals surface area contributed by atoms with Gasteiger partial charge < -0.3 is 9.64 Å². The molecule has 168 valence electrons. The zero-order chi connectivity index (χ0) is 21.7. The maximum Gasteiger partial charge on any atom is 0.256 e. The van der Waals surface area contributed by atoms with E-state index in [1.54, 1.807) is 18.7 Å². The molecule has 8 heteroatoms. The molecule has 0 atom stereocenters. The molecule has 0 spiro atoms. The molecule has 2 fully saturated rings. The van der Waals surface area contributed by atoms with Crippen LogP contribution >= 0.6 is 0 Å². The third kappa shape index (κ3) is 5.21. The molecule has 0 unspecified atom stereocenters. The molecule has 2 aliphatic rings. The first-order valence-electron chi connectivity index (χ1n) is 11.1. The van der Waals surface area contributed by atoms with E-state index in [4.69, 9.17) is 4.74 Å². The van der Waals surface area contributed by atoms with Crippen molar-refractivity contribution in [1.29, 1.82) is 0 Å². The Morgan fingerprint density at radius 3 is 2.27 bits per heavy atom. The highest BCUT2D eigenvalue weighted by Gasteiger charge is 2.29. The quantitative estimate of drug-likeness (QED) is 0.647. The number of benzene rings is 1. The summed E-state index contributed by atoms with van der Waals surface area (Å²) in [6, 6.07) is 3.47. The van der Waals surface area contributed by atoms with E-state index < -0.39 is 21.7 Å². The Kier molecular flexibility index (Phi) is 7.87. The van der Waals surface area contributed by atoms with Crippen molar-refractivity contribution in [3.05, 3.63) is 29.6 Å². The number of sulfonamides is 1. The number of hydrogen-bond acceptors (Lipinski definition) is 4. The zero-order valence-corrected chi connectivity index (χ0v) is 18.8. The Balaban J connectivity index is 1.67. The normalized spacial score (nSPS) is 19.4. The molecule has 3 rings (SSSR count). The Hall–Kier alpha value is -1.51. The summed E-state index contributed by atoms with van der Waals surface area (Å²) in [7, 11) is -3.75. The van der Waals surface area contributed by atoms with Gasteiger partial charge in [-0.3, -0.25) is 4.79 Å². The minimum absolute atomic E-state index is 0.0496. The molecule has 1 aliphatic carbocycles. The maximum absolute atomic E-state index is 14.4. The van der Waals surface area contributed by atoms with Gasteiger partial charge in [0, 0.05) is 26.2 Å². The lowest BCUT2D eigenvalue weighted by atomic mass is 9.97. The molecule has 1 heterocycles. The van der Waals surface area contributed by atoms with Gasteiger partial charge in [0.25, 0.3) is 5.91 Å². The van der Waals surface area contributed by atoms with Gasteiger partial charge in [0.15, 0.2) is 0 Å². The fraction of sp³-hybridized carbons (Fsp3) is 0.682. The van der Waals surface area contributed by atoms with Gasteiger partial charge in [-0.1, -0.05) is 33.1 Å². The Morgan fingerprint density at radius 1 is 1.07 bits per heavy atom. The van der Waals surface area contributed by atoms with E-state index in [0.29, 0.717) is 32.3 Å². The van der Waals surface area contributed by atoms with E-state index in [-0.39, 0.29) is 16.6 Å². The summed E-state index contributed by atoms with van der Waals surface area (Å²) < 4.78 is 47.4. The smallest absolute Gasteiger partial charge is 0.256 e. The van der Waals surface area contributed by atoms with Gasteiger partial charge in [0.1, 0.15) is 5.82 Å². The summed E-state index contributed by atoms with van der Waals surface area (Å²) in [5.41, 5.74) is -0.185. The van der Waals surface area contributed by atoms with Gasteiger partial charge in [0.2, 0.25) is 10.0 Å². The molecule has 0 bridgehead atoms. The number of carbonyl (C=O) groups is 1. The number of ether oxygens (including phenoxy) is 1. The average Bonchev–Trinajstić information content (AvgIpc) is 2.75. The van der Waals surface area contributed by atoms with Gasteiger partial charge in [-0.2, -0.15) is 4.31 Å². The number of carbonyl (C=O) groups excluding carboxylic acids is 1. The van der Waals surface area contributed by atoms with Crippen LogP contribution in [0.2, 0.25) is 0 Å². The van der Waals surface area contributed by atoms with Crippen LogP contribution < -0.4 is 0 Å². The topological polar surface area (TPSA) is 66.9 Å². The van der Waals surface area contributed by atoms with Crippen LogP contribution in [0, 0.1) is 5.82 Å². The first-order valence-corrected chi connectivity index (χ1v) is 12.5. The van der Waals surface area contributed by atoms with Crippen molar-refractivity contribution in [2.75, 3.05) is 26.2 Å². The summed E-state index contributed by atoms with van der Waals surface area (Å²) in [4.78, 5) is 14.5. The van der Waals surface area contributed by atoms with E-state index in [9.17, 15) is 17.6 Å². The molecular formula is C22H33FN2O4S. The van der Waals surface area contributed by atoms with Gasteiger partial charge in [-0.15, -0.1) is 0 Å². The van der Waals surface area contributed by atoms with Crippen molar-refractivity contribution in [3.8, 4) is 0 Å². The standard InChI is InChI=1S/C22H33FN2O4S/c1-3-25(4-2)30(27,28)19-10-11-21(23)20(16-19)22(26)24-14-12-18(13-15-24)29-17-8-6-5-7-9-17/h10-11,16-18H,3-9,12-15H2,1-2H3. The summed E-state index contributed by atoms with van der Waals surface area (Å²) in [5.74, 6) is -1.15. The van der Waals surface area contributed by atoms with Crippen LogP contribution in [0.4, 0.5) is 4.39 Å². The Morgan fingerprint density at radius 2 is 1.67 bits per heavy atom. The number of piperidine rings is 1. The van der Waals surface area contributed by atoms with Crippen LogP contribution in [0.5, 0.6) is 0 Å². The fourth-order valence-electron chi connectivity index (χ4n) is 4.38. The van der Waals surface area contributed by atoms with Crippen molar-refractivity contribution in [1.82, 2.24) is 9.21 Å². The second-order valence-corrected chi connectivity index (χ2v) is 10.1. The molecule has 6 nitrogen and oxygen atoms in total. The fourth-order valence-corrected chi connectivity index (χ4v) is 5.86. The van der Waals surface area contributed by atoms with Crippen LogP contribution in [0.15, 0.2) is 23.1 Å².